The molecule has 72 valence electrons. The highest BCUT2D eigenvalue weighted by Gasteiger charge is 2.21. The third-order valence-electron chi connectivity index (χ3n) is 2.70. The molecule has 3 N–H and O–H groups in total. The van der Waals surface area contributed by atoms with E-state index in [2.05, 4.69) is 0 Å². The maximum Gasteiger partial charge on any atom is 0.102 e. The first-order chi connectivity index (χ1) is 5.72. The van der Waals surface area contributed by atoms with Crippen LogP contribution in [0.4, 0.5) is 0 Å². The minimum Gasteiger partial charge on any atom is -0.381 e. The van der Waals surface area contributed by atoms with E-state index in [4.69, 9.17) is 15.6 Å². The summed E-state index contributed by atoms with van der Waals surface area (Å²) < 4.78 is 5.25. The van der Waals surface area contributed by atoms with Crippen molar-refractivity contribution in [2.45, 2.75) is 44.4 Å². The zero-order valence-electron chi connectivity index (χ0n) is 7.70. The summed E-state index contributed by atoms with van der Waals surface area (Å²) in [5.74, 6) is 0.608. The molecule has 0 spiro atoms. The average Bonchev–Trinajstić information content (AvgIpc) is 2.05. The van der Waals surface area contributed by atoms with Crippen LogP contribution < -0.4 is 5.73 Å². The SMILES string of the molecule is COC1CCC(C[C@@H](N)O)CC1. The highest BCUT2D eigenvalue weighted by molar-refractivity contribution is 4.73. The van der Waals surface area contributed by atoms with Gasteiger partial charge in [0.25, 0.3) is 0 Å². The van der Waals surface area contributed by atoms with E-state index in [1.807, 2.05) is 0 Å². The molecule has 0 radical (unpaired) electrons. The van der Waals surface area contributed by atoms with E-state index in [1.54, 1.807) is 7.11 Å². The Hall–Kier alpha value is -0.120. The van der Waals surface area contributed by atoms with Crippen molar-refractivity contribution in [2.75, 3.05) is 7.11 Å². The van der Waals surface area contributed by atoms with Crippen LogP contribution in [-0.4, -0.2) is 24.5 Å². The van der Waals surface area contributed by atoms with E-state index >= 15 is 0 Å². The lowest BCUT2D eigenvalue weighted by Crippen LogP contribution is -2.27. The van der Waals surface area contributed by atoms with Crippen LogP contribution in [0.25, 0.3) is 0 Å². The lowest BCUT2D eigenvalue weighted by Gasteiger charge is -2.28. The van der Waals surface area contributed by atoms with Crippen LogP contribution in [-0.2, 0) is 4.74 Å². The number of hydrogen-bond acceptors (Lipinski definition) is 3. The zero-order valence-corrected chi connectivity index (χ0v) is 7.70. The topological polar surface area (TPSA) is 55.5 Å². The number of aliphatic hydroxyl groups excluding tert-OH is 1. The fourth-order valence-corrected chi connectivity index (χ4v) is 1.94. The molecular formula is C9H19NO2. The predicted octanol–water partition coefficient (Wildman–Crippen LogP) is 0.859. The lowest BCUT2D eigenvalue weighted by atomic mass is 9.85. The predicted molar refractivity (Wildman–Crippen MR) is 47.6 cm³/mol. The molecule has 1 rings (SSSR count). The van der Waals surface area contributed by atoms with Gasteiger partial charge in [0.15, 0.2) is 0 Å². The van der Waals surface area contributed by atoms with Crippen LogP contribution in [0, 0.1) is 5.92 Å². The first-order valence-corrected chi connectivity index (χ1v) is 4.68. The van der Waals surface area contributed by atoms with Gasteiger partial charge in [0.05, 0.1) is 6.10 Å². The van der Waals surface area contributed by atoms with E-state index in [0.717, 1.165) is 32.1 Å². The summed E-state index contributed by atoms with van der Waals surface area (Å²) in [4.78, 5) is 0. The fourth-order valence-electron chi connectivity index (χ4n) is 1.94. The van der Waals surface area contributed by atoms with Gasteiger partial charge in [-0.15, -0.1) is 0 Å². The number of rotatable bonds is 3. The van der Waals surface area contributed by atoms with Crippen LogP contribution in [0.1, 0.15) is 32.1 Å². The second-order valence-electron chi connectivity index (χ2n) is 3.68. The molecule has 1 atom stereocenters. The number of methoxy groups -OCH3 is 1. The summed E-state index contributed by atoms with van der Waals surface area (Å²) in [5, 5.41) is 8.97. The first-order valence-electron chi connectivity index (χ1n) is 4.68. The van der Waals surface area contributed by atoms with E-state index in [-0.39, 0.29) is 0 Å². The van der Waals surface area contributed by atoms with Gasteiger partial charge in [-0.2, -0.15) is 0 Å². The molecule has 0 aromatic carbocycles. The summed E-state index contributed by atoms with van der Waals surface area (Å²) in [7, 11) is 1.77. The van der Waals surface area contributed by atoms with Gasteiger partial charge in [0.2, 0.25) is 0 Å². The fraction of sp³-hybridized carbons (Fsp3) is 1.00. The van der Waals surface area contributed by atoms with E-state index < -0.39 is 6.23 Å². The summed E-state index contributed by atoms with van der Waals surface area (Å²) in [6, 6.07) is 0. The molecule has 0 amide bonds. The van der Waals surface area contributed by atoms with Gasteiger partial charge in [0, 0.05) is 7.11 Å². The molecule has 0 bridgehead atoms. The Morgan fingerprint density at radius 1 is 1.42 bits per heavy atom. The monoisotopic (exact) mass is 173 g/mol. The Morgan fingerprint density at radius 2 is 2.00 bits per heavy atom. The van der Waals surface area contributed by atoms with Crippen LogP contribution >= 0.6 is 0 Å². The van der Waals surface area contributed by atoms with Crippen molar-refractivity contribution in [1.29, 1.82) is 0 Å². The Labute approximate surface area is 73.9 Å². The Morgan fingerprint density at radius 3 is 2.42 bits per heavy atom. The highest BCUT2D eigenvalue weighted by atomic mass is 16.5. The molecule has 0 aromatic heterocycles. The third kappa shape index (κ3) is 3.09. The Kier molecular flexibility index (Phi) is 3.98. The van der Waals surface area contributed by atoms with Crippen molar-refractivity contribution >= 4 is 0 Å². The maximum atomic E-state index is 8.97. The molecule has 1 fully saturated rings. The molecule has 0 unspecified atom stereocenters. The van der Waals surface area contributed by atoms with E-state index in [9.17, 15) is 0 Å². The minimum absolute atomic E-state index is 0.441. The molecule has 3 nitrogen and oxygen atoms in total. The largest absolute Gasteiger partial charge is 0.381 e. The van der Waals surface area contributed by atoms with Crippen LogP contribution in [0.5, 0.6) is 0 Å². The standard InChI is InChI=1S/C9H19NO2/c1-12-8-4-2-7(3-5-8)6-9(10)11/h7-9,11H,2-6,10H2,1H3/t7?,8?,9-/m0/s1. The number of nitrogens with two attached hydrogens (primary N) is 1. The van der Waals surface area contributed by atoms with E-state index in [0.29, 0.717) is 12.0 Å². The average molecular weight is 173 g/mol. The van der Waals surface area contributed by atoms with Crippen LogP contribution in [0.3, 0.4) is 0 Å². The highest BCUT2D eigenvalue weighted by Crippen LogP contribution is 2.28. The Balaban J connectivity index is 2.17. The molecule has 1 aliphatic carbocycles. The van der Waals surface area contributed by atoms with Crippen molar-refractivity contribution in [3.63, 3.8) is 0 Å². The summed E-state index contributed by atoms with van der Waals surface area (Å²) in [6.07, 6.45) is 5.09. The van der Waals surface area contributed by atoms with Gasteiger partial charge in [0.1, 0.15) is 6.23 Å². The van der Waals surface area contributed by atoms with Crippen molar-refractivity contribution in [1.82, 2.24) is 0 Å². The van der Waals surface area contributed by atoms with Crippen molar-refractivity contribution in [3.8, 4) is 0 Å². The second-order valence-corrected chi connectivity index (χ2v) is 3.68. The van der Waals surface area contributed by atoms with Gasteiger partial charge in [-0.25, -0.2) is 0 Å². The quantitative estimate of drug-likeness (QED) is 0.622. The lowest BCUT2D eigenvalue weighted by molar-refractivity contribution is 0.0451. The second kappa shape index (κ2) is 4.80. The number of aliphatic hydroxyl groups is 1. The normalized spacial score (nSPS) is 33.2. The molecular weight excluding hydrogens is 154 g/mol. The molecule has 1 aliphatic rings. The summed E-state index contributed by atoms with van der Waals surface area (Å²) in [5.41, 5.74) is 5.31. The molecule has 0 aliphatic heterocycles. The molecule has 12 heavy (non-hydrogen) atoms. The third-order valence-corrected chi connectivity index (χ3v) is 2.70. The van der Waals surface area contributed by atoms with Gasteiger partial charge < -0.3 is 15.6 Å². The minimum atomic E-state index is -0.630. The van der Waals surface area contributed by atoms with Crippen molar-refractivity contribution in [2.24, 2.45) is 11.7 Å². The van der Waals surface area contributed by atoms with Crippen LogP contribution in [0.2, 0.25) is 0 Å². The number of hydrogen-bond donors (Lipinski definition) is 2. The zero-order chi connectivity index (χ0) is 8.97. The smallest absolute Gasteiger partial charge is 0.102 e. The molecule has 3 heteroatoms. The Bertz CT molecular complexity index is 120. The van der Waals surface area contributed by atoms with Gasteiger partial charge in [-0.1, -0.05) is 0 Å². The molecule has 0 aromatic rings. The van der Waals surface area contributed by atoms with Crippen molar-refractivity contribution < 1.29 is 9.84 Å². The van der Waals surface area contributed by atoms with Gasteiger partial charge >= 0.3 is 0 Å². The van der Waals surface area contributed by atoms with Gasteiger partial charge in [-0.3, -0.25) is 0 Å². The van der Waals surface area contributed by atoms with Crippen molar-refractivity contribution in [3.05, 3.63) is 0 Å². The van der Waals surface area contributed by atoms with E-state index in [1.165, 1.54) is 0 Å². The first kappa shape index (κ1) is 9.96. The summed E-state index contributed by atoms with van der Waals surface area (Å²) >= 11 is 0. The molecule has 0 saturated heterocycles. The number of ether oxygens (including phenoxy) is 1. The van der Waals surface area contributed by atoms with Gasteiger partial charge in [-0.05, 0) is 38.0 Å². The molecule has 0 heterocycles. The van der Waals surface area contributed by atoms with Crippen LogP contribution in [0.15, 0.2) is 0 Å². The molecule has 1 saturated carbocycles. The summed E-state index contributed by atoms with van der Waals surface area (Å²) in [6.45, 7) is 0. The maximum absolute atomic E-state index is 8.97.